The summed E-state index contributed by atoms with van der Waals surface area (Å²) in [6, 6.07) is 0. The second-order valence-electron chi connectivity index (χ2n) is 5.66. The third-order valence-electron chi connectivity index (χ3n) is 3.85. The van der Waals surface area contributed by atoms with Crippen LogP contribution in [0.1, 0.15) is 44.6 Å². The fraction of sp³-hybridized carbons (Fsp3) is 0.733. The minimum Gasteiger partial charge on any atom is -0.359 e. The lowest BCUT2D eigenvalue weighted by atomic mass is 10.1. The molecular weight excluding hydrogens is 236 g/mol. The minimum atomic E-state index is 0.751. The summed E-state index contributed by atoms with van der Waals surface area (Å²) in [6.45, 7) is 6.28. The van der Waals surface area contributed by atoms with Crippen molar-refractivity contribution in [3.63, 3.8) is 0 Å². The molecule has 106 valence electrons. The van der Waals surface area contributed by atoms with E-state index in [1.54, 1.807) is 0 Å². The van der Waals surface area contributed by atoms with Gasteiger partial charge in [-0.1, -0.05) is 19.8 Å². The molecule has 4 nitrogen and oxygen atoms in total. The van der Waals surface area contributed by atoms with Crippen LogP contribution in [0.25, 0.3) is 0 Å². The van der Waals surface area contributed by atoms with E-state index in [-0.39, 0.29) is 0 Å². The molecule has 1 fully saturated rings. The molecule has 1 N–H and O–H groups in total. The number of nitrogens with zero attached hydrogens (tertiary/aromatic N) is 3. The maximum Gasteiger partial charge on any atom is 0.224 e. The van der Waals surface area contributed by atoms with Crippen LogP contribution in [0, 0.1) is 12.8 Å². The topological polar surface area (TPSA) is 41.1 Å². The Balaban J connectivity index is 2.03. The molecule has 1 saturated carbocycles. The lowest BCUT2D eigenvalue weighted by molar-refractivity contribution is 0.544. The van der Waals surface area contributed by atoms with E-state index in [0.29, 0.717) is 0 Å². The zero-order valence-electron chi connectivity index (χ0n) is 12.4. The molecule has 1 aromatic heterocycles. The predicted molar refractivity (Wildman–Crippen MR) is 80.8 cm³/mol. The van der Waals surface area contributed by atoms with Crippen molar-refractivity contribution < 1.29 is 0 Å². The van der Waals surface area contributed by atoms with Gasteiger partial charge in [-0.05, 0) is 32.1 Å². The molecule has 0 bridgehead atoms. The van der Waals surface area contributed by atoms with Crippen molar-refractivity contribution in [2.45, 2.75) is 46.0 Å². The average molecular weight is 262 g/mol. The normalized spacial score (nSPS) is 15.7. The Hall–Kier alpha value is -1.32. The molecule has 0 unspecified atom stereocenters. The second kappa shape index (κ2) is 6.73. The van der Waals surface area contributed by atoms with E-state index in [9.17, 15) is 0 Å². The third-order valence-corrected chi connectivity index (χ3v) is 3.85. The van der Waals surface area contributed by atoms with E-state index >= 15 is 0 Å². The molecule has 19 heavy (non-hydrogen) atoms. The highest BCUT2D eigenvalue weighted by molar-refractivity contribution is 5.48. The summed E-state index contributed by atoms with van der Waals surface area (Å²) in [7, 11) is 2.15. The lowest BCUT2D eigenvalue weighted by Crippen LogP contribution is -2.26. The summed E-state index contributed by atoms with van der Waals surface area (Å²) in [5, 5.41) is 3.26. The molecule has 0 atom stereocenters. The first-order valence-corrected chi connectivity index (χ1v) is 7.49. The van der Waals surface area contributed by atoms with Gasteiger partial charge < -0.3 is 10.2 Å². The van der Waals surface area contributed by atoms with Crippen LogP contribution < -0.4 is 10.2 Å². The maximum absolute atomic E-state index is 4.66. The Morgan fingerprint density at radius 1 is 1.37 bits per heavy atom. The molecule has 1 aliphatic carbocycles. The Labute approximate surface area is 116 Å². The number of anilines is 2. The van der Waals surface area contributed by atoms with Crippen LogP contribution in [0.3, 0.4) is 0 Å². The number of rotatable bonds is 6. The molecular formula is C15H26N4. The van der Waals surface area contributed by atoms with E-state index < -0.39 is 0 Å². The van der Waals surface area contributed by atoms with Gasteiger partial charge in [0.1, 0.15) is 5.82 Å². The minimum absolute atomic E-state index is 0.751. The van der Waals surface area contributed by atoms with Crippen molar-refractivity contribution in [3.8, 4) is 0 Å². The largest absolute Gasteiger partial charge is 0.359 e. The fourth-order valence-corrected chi connectivity index (χ4v) is 2.81. The number of nitrogens with one attached hydrogen (secondary N) is 1. The molecule has 1 heterocycles. The van der Waals surface area contributed by atoms with Gasteiger partial charge in [0.2, 0.25) is 5.95 Å². The van der Waals surface area contributed by atoms with Crippen LogP contribution in [0.15, 0.2) is 6.20 Å². The van der Waals surface area contributed by atoms with E-state index in [2.05, 4.69) is 41.1 Å². The molecule has 0 radical (unpaired) electrons. The van der Waals surface area contributed by atoms with Crippen molar-refractivity contribution in [3.05, 3.63) is 11.8 Å². The van der Waals surface area contributed by atoms with Crippen molar-refractivity contribution in [1.82, 2.24) is 9.97 Å². The van der Waals surface area contributed by atoms with Crippen molar-refractivity contribution in [2.75, 3.05) is 30.4 Å². The van der Waals surface area contributed by atoms with Crippen molar-refractivity contribution in [2.24, 2.45) is 5.92 Å². The van der Waals surface area contributed by atoms with Gasteiger partial charge in [-0.3, -0.25) is 0 Å². The van der Waals surface area contributed by atoms with Crippen molar-refractivity contribution >= 4 is 11.8 Å². The van der Waals surface area contributed by atoms with Crippen LogP contribution in [-0.2, 0) is 0 Å². The number of hydrogen-bond donors (Lipinski definition) is 1. The highest BCUT2D eigenvalue weighted by Crippen LogP contribution is 2.27. The standard InChI is InChI=1S/C15H26N4/c1-4-9-16-15-17-10-12(2)14(18-15)19(3)11-13-7-5-6-8-13/h10,13H,4-9,11H2,1-3H3,(H,16,17,18). The van der Waals surface area contributed by atoms with E-state index in [1.807, 2.05) is 6.20 Å². The van der Waals surface area contributed by atoms with Crippen LogP contribution in [-0.4, -0.2) is 30.1 Å². The van der Waals surface area contributed by atoms with Gasteiger partial charge in [0.25, 0.3) is 0 Å². The monoisotopic (exact) mass is 262 g/mol. The molecule has 0 amide bonds. The summed E-state index contributed by atoms with van der Waals surface area (Å²) < 4.78 is 0. The van der Waals surface area contributed by atoms with Crippen LogP contribution in [0.4, 0.5) is 11.8 Å². The highest BCUT2D eigenvalue weighted by Gasteiger charge is 2.18. The first-order chi connectivity index (χ1) is 9.20. The molecule has 0 saturated heterocycles. The zero-order valence-corrected chi connectivity index (χ0v) is 12.4. The highest BCUT2D eigenvalue weighted by atomic mass is 15.2. The van der Waals surface area contributed by atoms with E-state index in [4.69, 9.17) is 0 Å². The van der Waals surface area contributed by atoms with Gasteiger partial charge >= 0.3 is 0 Å². The molecule has 0 aromatic carbocycles. The molecule has 1 aliphatic rings. The Morgan fingerprint density at radius 3 is 2.79 bits per heavy atom. The Kier molecular flexibility index (Phi) is 5.00. The van der Waals surface area contributed by atoms with E-state index in [1.165, 1.54) is 25.7 Å². The molecule has 2 rings (SSSR count). The predicted octanol–water partition coefficient (Wildman–Crippen LogP) is 3.23. The van der Waals surface area contributed by atoms with Gasteiger partial charge in [-0.2, -0.15) is 4.98 Å². The van der Waals surface area contributed by atoms with Crippen LogP contribution in [0.5, 0.6) is 0 Å². The number of aromatic nitrogens is 2. The Bertz CT molecular complexity index is 399. The van der Waals surface area contributed by atoms with Gasteiger partial charge in [0, 0.05) is 31.9 Å². The first-order valence-electron chi connectivity index (χ1n) is 7.49. The summed E-state index contributed by atoms with van der Waals surface area (Å²) in [5.74, 6) is 2.66. The van der Waals surface area contributed by atoms with Crippen molar-refractivity contribution in [1.29, 1.82) is 0 Å². The average Bonchev–Trinajstić information content (AvgIpc) is 2.90. The molecule has 0 aliphatic heterocycles. The molecule has 0 spiro atoms. The van der Waals surface area contributed by atoms with Gasteiger partial charge in [0.15, 0.2) is 0 Å². The van der Waals surface area contributed by atoms with Gasteiger partial charge in [0.05, 0.1) is 0 Å². The Morgan fingerprint density at radius 2 is 2.11 bits per heavy atom. The molecule has 4 heteroatoms. The summed E-state index contributed by atoms with van der Waals surface area (Å²) >= 11 is 0. The molecule has 1 aromatic rings. The van der Waals surface area contributed by atoms with Gasteiger partial charge in [-0.15, -0.1) is 0 Å². The summed E-state index contributed by atoms with van der Waals surface area (Å²) in [6.07, 6.45) is 8.54. The SMILES string of the molecule is CCCNc1ncc(C)c(N(C)CC2CCCC2)n1. The van der Waals surface area contributed by atoms with Gasteiger partial charge in [-0.25, -0.2) is 4.98 Å². The lowest BCUT2D eigenvalue weighted by Gasteiger charge is -2.23. The van der Waals surface area contributed by atoms with Crippen LogP contribution >= 0.6 is 0 Å². The third kappa shape index (κ3) is 3.82. The zero-order chi connectivity index (χ0) is 13.7. The number of hydrogen-bond acceptors (Lipinski definition) is 4. The number of aryl methyl sites for hydroxylation is 1. The van der Waals surface area contributed by atoms with E-state index in [0.717, 1.165) is 42.8 Å². The fourth-order valence-electron chi connectivity index (χ4n) is 2.81. The van der Waals surface area contributed by atoms with Crippen LogP contribution in [0.2, 0.25) is 0 Å². The first kappa shape index (κ1) is 14.1. The maximum atomic E-state index is 4.66. The second-order valence-corrected chi connectivity index (χ2v) is 5.66. The quantitative estimate of drug-likeness (QED) is 0.854. The summed E-state index contributed by atoms with van der Waals surface area (Å²) in [5.41, 5.74) is 1.16. The summed E-state index contributed by atoms with van der Waals surface area (Å²) in [4.78, 5) is 11.3. The smallest absolute Gasteiger partial charge is 0.224 e.